The first-order valence-electron chi connectivity index (χ1n) is 8.17. The molecule has 0 saturated carbocycles. The molecule has 0 aromatic heterocycles. The number of hydrogen-bond acceptors (Lipinski definition) is 6. The lowest BCUT2D eigenvalue weighted by atomic mass is 10.1. The molecule has 2 N–H and O–H groups in total. The maximum Gasteiger partial charge on any atom is 0.416 e. The third-order valence-electron chi connectivity index (χ3n) is 3.76. The van der Waals surface area contributed by atoms with Crippen LogP contribution in [0.25, 0.3) is 0 Å². The van der Waals surface area contributed by atoms with E-state index in [1.165, 1.54) is 37.4 Å². The van der Waals surface area contributed by atoms with Crippen molar-refractivity contribution >= 4 is 29.2 Å². The van der Waals surface area contributed by atoms with Crippen LogP contribution in [-0.4, -0.2) is 38.6 Å². The molecule has 0 unspecified atom stereocenters. The number of hydrogen-bond donors (Lipinski definition) is 2. The highest BCUT2D eigenvalue weighted by Gasteiger charge is 2.30. The van der Waals surface area contributed by atoms with Gasteiger partial charge in [-0.05, 0) is 36.4 Å². The molecule has 0 fully saturated rings. The molecule has 7 nitrogen and oxygen atoms in total. The molecule has 0 saturated heterocycles. The Morgan fingerprint density at radius 3 is 2.28 bits per heavy atom. The molecule has 0 spiro atoms. The van der Waals surface area contributed by atoms with E-state index in [1.54, 1.807) is 0 Å². The topological polar surface area (TPSA) is 93.7 Å². The van der Waals surface area contributed by atoms with Crippen molar-refractivity contribution in [2.45, 2.75) is 6.18 Å². The van der Waals surface area contributed by atoms with Crippen molar-refractivity contribution in [1.82, 2.24) is 0 Å². The van der Waals surface area contributed by atoms with Crippen LogP contribution in [0.15, 0.2) is 42.5 Å². The molecule has 0 aliphatic heterocycles. The Morgan fingerprint density at radius 2 is 1.66 bits per heavy atom. The maximum atomic E-state index is 12.8. The van der Waals surface area contributed by atoms with Gasteiger partial charge in [0, 0.05) is 5.69 Å². The number of esters is 2. The third kappa shape index (κ3) is 5.71. The van der Waals surface area contributed by atoms with E-state index in [1.807, 2.05) is 0 Å². The Labute approximate surface area is 163 Å². The molecule has 1 amide bonds. The molecule has 0 heterocycles. The van der Waals surface area contributed by atoms with Crippen LogP contribution in [0.4, 0.5) is 24.5 Å². The summed E-state index contributed by atoms with van der Waals surface area (Å²) in [6, 6.07) is 8.21. The molecule has 2 aromatic carbocycles. The van der Waals surface area contributed by atoms with E-state index in [0.29, 0.717) is 0 Å². The van der Waals surface area contributed by atoms with Crippen molar-refractivity contribution in [1.29, 1.82) is 0 Å². The van der Waals surface area contributed by atoms with E-state index in [2.05, 4.69) is 20.1 Å². The van der Waals surface area contributed by atoms with Gasteiger partial charge in [-0.25, -0.2) is 9.59 Å². The van der Waals surface area contributed by atoms with Gasteiger partial charge in [0.2, 0.25) is 5.91 Å². The monoisotopic (exact) mass is 410 g/mol. The smallest absolute Gasteiger partial charge is 0.416 e. The molecule has 0 aliphatic carbocycles. The van der Waals surface area contributed by atoms with Crippen molar-refractivity contribution in [2.24, 2.45) is 0 Å². The van der Waals surface area contributed by atoms with Crippen LogP contribution in [0.2, 0.25) is 0 Å². The average molecular weight is 410 g/mol. The lowest BCUT2D eigenvalue weighted by Gasteiger charge is -2.13. The molecule has 0 atom stereocenters. The van der Waals surface area contributed by atoms with Crippen molar-refractivity contribution in [3.63, 3.8) is 0 Å². The molecule has 0 bridgehead atoms. The largest absolute Gasteiger partial charge is 0.465 e. The Kier molecular flexibility index (Phi) is 6.81. The minimum absolute atomic E-state index is 0.00408. The van der Waals surface area contributed by atoms with Gasteiger partial charge in [0.1, 0.15) is 0 Å². The number of halogens is 3. The minimum atomic E-state index is -4.51. The average Bonchev–Trinajstić information content (AvgIpc) is 2.70. The first kappa shape index (κ1) is 21.7. The number of amides is 1. The van der Waals surface area contributed by atoms with E-state index < -0.39 is 29.6 Å². The number of alkyl halides is 3. The standard InChI is InChI=1S/C19H17F3N2O5/c1-28-17(26)11-6-7-14(18(27)29-2)15(8-11)24-16(25)10-23-13-5-3-4-12(9-13)19(20,21)22/h3-9,23H,10H2,1-2H3,(H,24,25). The summed E-state index contributed by atoms with van der Waals surface area (Å²) < 4.78 is 47.5. The first-order valence-corrected chi connectivity index (χ1v) is 8.17. The zero-order valence-corrected chi connectivity index (χ0v) is 15.4. The molecule has 2 aromatic rings. The third-order valence-corrected chi connectivity index (χ3v) is 3.76. The number of nitrogens with one attached hydrogen (secondary N) is 2. The number of methoxy groups -OCH3 is 2. The number of carbonyl (C=O) groups excluding carboxylic acids is 3. The number of carbonyl (C=O) groups is 3. The van der Waals surface area contributed by atoms with Gasteiger partial charge in [0.05, 0.1) is 43.1 Å². The van der Waals surface area contributed by atoms with Gasteiger partial charge in [-0.2, -0.15) is 13.2 Å². The Morgan fingerprint density at radius 1 is 0.966 bits per heavy atom. The van der Waals surface area contributed by atoms with Crippen LogP contribution in [0.1, 0.15) is 26.3 Å². The number of benzene rings is 2. The number of ether oxygens (including phenoxy) is 2. The quantitative estimate of drug-likeness (QED) is 0.710. The van der Waals surface area contributed by atoms with E-state index >= 15 is 0 Å². The second-order valence-corrected chi connectivity index (χ2v) is 5.72. The van der Waals surface area contributed by atoms with Crippen molar-refractivity contribution < 1.29 is 37.0 Å². The molecule has 10 heteroatoms. The predicted molar refractivity (Wildman–Crippen MR) is 97.7 cm³/mol. The van der Waals surface area contributed by atoms with E-state index in [4.69, 9.17) is 0 Å². The molecule has 154 valence electrons. The summed E-state index contributed by atoms with van der Waals surface area (Å²) in [6.45, 7) is -0.385. The highest BCUT2D eigenvalue weighted by molar-refractivity contribution is 6.04. The normalized spacial score (nSPS) is 10.8. The highest BCUT2D eigenvalue weighted by atomic mass is 19.4. The van der Waals surface area contributed by atoms with Gasteiger partial charge in [0.15, 0.2) is 0 Å². The van der Waals surface area contributed by atoms with Gasteiger partial charge >= 0.3 is 18.1 Å². The molecule has 0 radical (unpaired) electrons. The van der Waals surface area contributed by atoms with Crippen molar-refractivity contribution in [3.8, 4) is 0 Å². The molecular weight excluding hydrogens is 393 g/mol. The SMILES string of the molecule is COC(=O)c1ccc(C(=O)OC)c(NC(=O)CNc2cccc(C(F)(F)F)c2)c1. The maximum absolute atomic E-state index is 12.8. The summed E-state index contributed by atoms with van der Waals surface area (Å²) in [7, 11) is 2.32. The van der Waals surface area contributed by atoms with Crippen LogP contribution in [-0.2, 0) is 20.4 Å². The van der Waals surface area contributed by atoms with E-state index in [9.17, 15) is 27.6 Å². The van der Waals surface area contributed by atoms with Gasteiger partial charge < -0.3 is 20.1 Å². The lowest BCUT2D eigenvalue weighted by Crippen LogP contribution is -2.23. The minimum Gasteiger partial charge on any atom is -0.465 e. The first-order chi connectivity index (χ1) is 13.7. The van der Waals surface area contributed by atoms with Crippen LogP contribution in [0, 0.1) is 0 Å². The zero-order valence-electron chi connectivity index (χ0n) is 15.4. The van der Waals surface area contributed by atoms with Crippen LogP contribution in [0.3, 0.4) is 0 Å². The second kappa shape index (κ2) is 9.09. The van der Waals surface area contributed by atoms with E-state index in [0.717, 1.165) is 19.2 Å². The van der Waals surface area contributed by atoms with Gasteiger partial charge in [-0.3, -0.25) is 4.79 Å². The fourth-order valence-electron chi connectivity index (χ4n) is 2.36. The fourth-order valence-corrected chi connectivity index (χ4v) is 2.36. The zero-order chi connectivity index (χ0) is 21.6. The van der Waals surface area contributed by atoms with Gasteiger partial charge in [0.25, 0.3) is 0 Å². The summed E-state index contributed by atoms with van der Waals surface area (Å²) in [4.78, 5) is 35.8. The summed E-state index contributed by atoms with van der Waals surface area (Å²) in [5.74, 6) is -2.09. The molecule has 2 rings (SSSR count). The van der Waals surface area contributed by atoms with Crippen LogP contribution < -0.4 is 10.6 Å². The summed E-state index contributed by atoms with van der Waals surface area (Å²) in [5.41, 5.74) is -0.697. The summed E-state index contributed by atoms with van der Waals surface area (Å²) in [5, 5.41) is 5.00. The highest BCUT2D eigenvalue weighted by Crippen LogP contribution is 2.30. The second-order valence-electron chi connectivity index (χ2n) is 5.72. The predicted octanol–water partition coefficient (Wildman–Crippen LogP) is 3.33. The van der Waals surface area contributed by atoms with Crippen LogP contribution >= 0.6 is 0 Å². The molecule has 0 aliphatic rings. The Bertz CT molecular complexity index is 928. The van der Waals surface area contributed by atoms with Crippen molar-refractivity contribution in [3.05, 3.63) is 59.2 Å². The number of anilines is 2. The summed E-state index contributed by atoms with van der Waals surface area (Å²) in [6.07, 6.45) is -4.51. The molecular formula is C19H17F3N2O5. The van der Waals surface area contributed by atoms with E-state index in [-0.39, 0.29) is 29.0 Å². The van der Waals surface area contributed by atoms with Crippen molar-refractivity contribution in [2.75, 3.05) is 31.4 Å². The van der Waals surface area contributed by atoms with Gasteiger partial charge in [-0.15, -0.1) is 0 Å². The summed E-state index contributed by atoms with van der Waals surface area (Å²) >= 11 is 0. The fraction of sp³-hybridized carbons (Fsp3) is 0.211. The van der Waals surface area contributed by atoms with Crippen LogP contribution in [0.5, 0.6) is 0 Å². The van der Waals surface area contributed by atoms with Gasteiger partial charge in [-0.1, -0.05) is 6.07 Å². The number of rotatable bonds is 6. The Hall–Kier alpha value is -3.56. The lowest BCUT2D eigenvalue weighted by molar-refractivity contribution is -0.137. The molecule has 29 heavy (non-hydrogen) atoms. The Balaban J connectivity index is 2.15.